The Hall–Kier alpha value is -2.49. The van der Waals surface area contributed by atoms with E-state index in [9.17, 15) is 4.39 Å². The monoisotopic (exact) mass is 418 g/mol. The van der Waals surface area contributed by atoms with Crippen LogP contribution in [-0.2, 0) is 19.5 Å². The van der Waals surface area contributed by atoms with Gasteiger partial charge in [-0.05, 0) is 66.4 Å². The highest BCUT2D eigenvalue weighted by atomic mass is 19.1. The van der Waals surface area contributed by atoms with Crippen LogP contribution < -0.4 is 0 Å². The standard InChI is InChI=1S/C28H35FN2/c1-22(2)18-23-8-7-9-24(19-23)20-31(17-16-30(3)4)21-26-10-5-6-11-28(26)25-12-14-27(29)15-13-25/h5-15,19,22H,16-18,20-21H2,1-4H3. The van der Waals surface area contributed by atoms with E-state index in [1.54, 1.807) is 0 Å². The maximum atomic E-state index is 13.4. The molecule has 31 heavy (non-hydrogen) atoms. The highest BCUT2D eigenvalue weighted by molar-refractivity contribution is 5.67. The van der Waals surface area contributed by atoms with E-state index in [-0.39, 0.29) is 5.82 Å². The molecule has 0 aliphatic rings. The highest BCUT2D eigenvalue weighted by Gasteiger charge is 2.12. The number of likely N-dealkylation sites (N-methyl/N-ethyl adjacent to an activating group) is 1. The minimum atomic E-state index is -0.199. The second-order valence-corrected chi connectivity index (χ2v) is 9.10. The van der Waals surface area contributed by atoms with Gasteiger partial charge in [0.05, 0.1) is 0 Å². The molecular weight excluding hydrogens is 383 g/mol. The Morgan fingerprint density at radius 1 is 0.774 bits per heavy atom. The van der Waals surface area contributed by atoms with Gasteiger partial charge in [0, 0.05) is 26.2 Å². The number of rotatable bonds is 10. The number of hydrogen-bond donors (Lipinski definition) is 0. The fourth-order valence-electron chi connectivity index (χ4n) is 3.95. The minimum absolute atomic E-state index is 0.199. The Kier molecular flexibility index (Phi) is 8.39. The summed E-state index contributed by atoms with van der Waals surface area (Å²) in [6.45, 7) is 8.29. The molecule has 0 radical (unpaired) electrons. The van der Waals surface area contributed by atoms with Gasteiger partial charge in [-0.25, -0.2) is 4.39 Å². The van der Waals surface area contributed by atoms with Gasteiger partial charge in [0.1, 0.15) is 5.82 Å². The van der Waals surface area contributed by atoms with Crippen molar-refractivity contribution in [2.45, 2.75) is 33.4 Å². The topological polar surface area (TPSA) is 6.48 Å². The van der Waals surface area contributed by atoms with Gasteiger partial charge >= 0.3 is 0 Å². The Bertz CT molecular complexity index is 947. The van der Waals surface area contributed by atoms with Crippen molar-refractivity contribution in [2.24, 2.45) is 5.92 Å². The number of hydrogen-bond acceptors (Lipinski definition) is 2. The van der Waals surface area contributed by atoms with Gasteiger partial charge in [-0.1, -0.05) is 74.5 Å². The Morgan fingerprint density at radius 2 is 1.48 bits per heavy atom. The van der Waals surface area contributed by atoms with Crippen LogP contribution in [0.4, 0.5) is 4.39 Å². The summed E-state index contributed by atoms with van der Waals surface area (Å²) in [4.78, 5) is 4.74. The molecule has 0 aliphatic carbocycles. The number of nitrogens with zero attached hydrogens (tertiary/aromatic N) is 2. The highest BCUT2D eigenvalue weighted by Crippen LogP contribution is 2.26. The molecular formula is C28H35FN2. The molecule has 0 aliphatic heterocycles. The normalized spacial score (nSPS) is 11.6. The van der Waals surface area contributed by atoms with Crippen LogP contribution >= 0.6 is 0 Å². The minimum Gasteiger partial charge on any atom is -0.308 e. The third kappa shape index (κ3) is 7.30. The third-order valence-corrected chi connectivity index (χ3v) is 5.47. The molecule has 3 aromatic rings. The molecule has 0 bridgehead atoms. The van der Waals surface area contributed by atoms with E-state index in [0.717, 1.165) is 38.2 Å². The second kappa shape index (κ2) is 11.2. The third-order valence-electron chi connectivity index (χ3n) is 5.47. The molecule has 3 rings (SSSR count). The maximum absolute atomic E-state index is 13.4. The lowest BCUT2D eigenvalue weighted by Gasteiger charge is -2.26. The van der Waals surface area contributed by atoms with Gasteiger partial charge in [-0.2, -0.15) is 0 Å². The zero-order valence-corrected chi connectivity index (χ0v) is 19.3. The lowest BCUT2D eigenvalue weighted by atomic mass is 9.98. The molecule has 0 fully saturated rings. The summed E-state index contributed by atoms with van der Waals surface area (Å²) in [6, 6.07) is 24.3. The zero-order valence-electron chi connectivity index (χ0n) is 19.3. The molecule has 0 atom stereocenters. The predicted octanol–water partition coefficient (Wildman–Crippen LogP) is 6.26. The first kappa shape index (κ1) is 23.2. The Morgan fingerprint density at radius 3 is 2.19 bits per heavy atom. The summed E-state index contributed by atoms with van der Waals surface area (Å²) in [7, 11) is 4.24. The smallest absolute Gasteiger partial charge is 0.123 e. The van der Waals surface area contributed by atoms with E-state index in [1.807, 2.05) is 12.1 Å². The maximum Gasteiger partial charge on any atom is 0.123 e. The number of benzene rings is 3. The average molecular weight is 419 g/mol. The van der Waals surface area contributed by atoms with Crippen molar-refractivity contribution in [3.63, 3.8) is 0 Å². The van der Waals surface area contributed by atoms with Gasteiger partial charge in [-0.3, -0.25) is 4.90 Å². The van der Waals surface area contributed by atoms with Crippen molar-refractivity contribution in [3.05, 3.63) is 95.3 Å². The van der Waals surface area contributed by atoms with E-state index in [1.165, 1.54) is 34.4 Å². The average Bonchev–Trinajstić information content (AvgIpc) is 2.73. The van der Waals surface area contributed by atoms with Crippen LogP contribution in [0, 0.1) is 11.7 Å². The summed E-state index contributed by atoms with van der Waals surface area (Å²) in [6.07, 6.45) is 1.11. The van der Waals surface area contributed by atoms with Gasteiger partial charge in [0.25, 0.3) is 0 Å². The molecule has 0 saturated heterocycles. The van der Waals surface area contributed by atoms with Crippen LogP contribution in [0.3, 0.4) is 0 Å². The zero-order chi connectivity index (χ0) is 22.2. The van der Waals surface area contributed by atoms with Gasteiger partial charge in [-0.15, -0.1) is 0 Å². The summed E-state index contributed by atoms with van der Waals surface area (Å²) in [5.74, 6) is 0.456. The molecule has 0 heterocycles. The van der Waals surface area contributed by atoms with Gasteiger partial charge in [0.2, 0.25) is 0 Å². The molecule has 2 nitrogen and oxygen atoms in total. The van der Waals surface area contributed by atoms with E-state index in [0.29, 0.717) is 5.92 Å². The van der Waals surface area contributed by atoms with Crippen LogP contribution in [0.15, 0.2) is 72.8 Å². The molecule has 3 heteroatoms. The summed E-state index contributed by atoms with van der Waals surface area (Å²) < 4.78 is 13.4. The molecule has 0 amide bonds. The second-order valence-electron chi connectivity index (χ2n) is 9.10. The van der Waals surface area contributed by atoms with Crippen LogP contribution in [0.1, 0.15) is 30.5 Å². The van der Waals surface area contributed by atoms with Gasteiger partial charge in [0.15, 0.2) is 0 Å². The lowest BCUT2D eigenvalue weighted by molar-refractivity contribution is 0.226. The molecule has 164 valence electrons. The first-order chi connectivity index (χ1) is 14.9. The Balaban J connectivity index is 1.83. The predicted molar refractivity (Wildman–Crippen MR) is 129 cm³/mol. The van der Waals surface area contributed by atoms with E-state index >= 15 is 0 Å². The summed E-state index contributed by atoms with van der Waals surface area (Å²) in [5, 5.41) is 0. The summed E-state index contributed by atoms with van der Waals surface area (Å²) in [5.41, 5.74) is 6.27. The van der Waals surface area contributed by atoms with Crippen molar-refractivity contribution < 1.29 is 4.39 Å². The first-order valence-corrected chi connectivity index (χ1v) is 11.2. The van der Waals surface area contributed by atoms with Crippen molar-refractivity contribution in [3.8, 4) is 11.1 Å². The lowest BCUT2D eigenvalue weighted by Crippen LogP contribution is -2.31. The van der Waals surface area contributed by atoms with Crippen molar-refractivity contribution in [2.75, 3.05) is 27.2 Å². The van der Waals surface area contributed by atoms with E-state index in [2.05, 4.69) is 86.3 Å². The van der Waals surface area contributed by atoms with Crippen LogP contribution in [0.2, 0.25) is 0 Å². The van der Waals surface area contributed by atoms with Crippen molar-refractivity contribution in [1.29, 1.82) is 0 Å². The van der Waals surface area contributed by atoms with Crippen LogP contribution in [0.5, 0.6) is 0 Å². The first-order valence-electron chi connectivity index (χ1n) is 11.2. The largest absolute Gasteiger partial charge is 0.308 e. The van der Waals surface area contributed by atoms with Crippen molar-refractivity contribution in [1.82, 2.24) is 9.80 Å². The SMILES string of the molecule is CC(C)Cc1cccc(CN(CCN(C)C)Cc2ccccc2-c2ccc(F)cc2)c1. The molecule has 0 N–H and O–H groups in total. The van der Waals surface area contributed by atoms with Gasteiger partial charge < -0.3 is 4.90 Å². The van der Waals surface area contributed by atoms with E-state index in [4.69, 9.17) is 0 Å². The molecule has 0 saturated carbocycles. The fraction of sp³-hybridized carbons (Fsp3) is 0.357. The molecule has 0 spiro atoms. The summed E-state index contributed by atoms with van der Waals surface area (Å²) >= 11 is 0. The molecule has 3 aromatic carbocycles. The quantitative estimate of drug-likeness (QED) is 0.384. The van der Waals surface area contributed by atoms with Crippen molar-refractivity contribution >= 4 is 0 Å². The van der Waals surface area contributed by atoms with Crippen LogP contribution in [0.25, 0.3) is 11.1 Å². The Labute approximate surface area is 187 Å². The van der Waals surface area contributed by atoms with Crippen LogP contribution in [-0.4, -0.2) is 37.0 Å². The number of halogens is 1. The van der Waals surface area contributed by atoms with E-state index < -0.39 is 0 Å². The molecule has 0 aromatic heterocycles. The fourth-order valence-corrected chi connectivity index (χ4v) is 3.95. The molecule has 0 unspecified atom stereocenters.